The molecule has 0 radical (unpaired) electrons. The quantitative estimate of drug-likeness (QED) is 0.902. The standard InChI is InChI=1S/C17H18ClFN2O2S/c18-14-6-7-17(16(19)8-14)24(22,23)21-10-13(9-20)15(11-21)12-4-2-1-3-5-12/h1-8,13,15H,9-11,20H2/t13-,15+/m1/s1. The van der Waals surface area contributed by atoms with E-state index in [-0.39, 0.29) is 34.8 Å². The third-order valence-electron chi connectivity index (χ3n) is 4.45. The number of hydrogen-bond acceptors (Lipinski definition) is 3. The number of rotatable bonds is 4. The van der Waals surface area contributed by atoms with Crippen LogP contribution in [0.25, 0.3) is 0 Å². The summed E-state index contributed by atoms with van der Waals surface area (Å²) in [6.45, 7) is 0.936. The summed E-state index contributed by atoms with van der Waals surface area (Å²) in [4.78, 5) is -0.351. The topological polar surface area (TPSA) is 63.4 Å². The molecule has 0 spiro atoms. The smallest absolute Gasteiger partial charge is 0.246 e. The molecule has 24 heavy (non-hydrogen) atoms. The van der Waals surface area contributed by atoms with Crippen molar-refractivity contribution in [2.75, 3.05) is 19.6 Å². The maximum Gasteiger partial charge on any atom is 0.246 e. The maximum atomic E-state index is 14.1. The predicted octanol–water partition coefficient (Wildman–Crippen LogP) is 2.84. The van der Waals surface area contributed by atoms with E-state index in [4.69, 9.17) is 17.3 Å². The van der Waals surface area contributed by atoms with Crippen LogP contribution in [0.5, 0.6) is 0 Å². The van der Waals surface area contributed by atoms with Gasteiger partial charge in [0, 0.05) is 24.0 Å². The summed E-state index contributed by atoms with van der Waals surface area (Å²) in [5.74, 6) is -0.839. The van der Waals surface area contributed by atoms with Gasteiger partial charge in [-0.25, -0.2) is 12.8 Å². The first kappa shape index (κ1) is 17.4. The van der Waals surface area contributed by atoms with Crippen molar-refractivity contribution >= 4 is 21.6 Å². The largest absolute Gasteiger partial charge is 0.330 e. The molecule has 4 nitrogen and oxygen atoms in total. The molecule has 2 aromatic rings. The molecule has 0 aromatic heterocycles. The minimum absolute atomic E-state index is 0.00124. The zero-order valence-corrected chi connectivity index (χ0v) is 14.5. The fourth-order valence-electron chi connectivity index (χ4n) is 3.17. The minimum Gasteiger partial charge on any atom is -0.330 e. The lowest BCUT2D eigenvalue weighted by molar-refractivity contribution is 0.453. The summed E-state index contributed by atoms with van der Waals surface area (Å²) in [5, 5.41) is 0.162. The van der Waals surface area contributed by atoms with Crippen molar-refractivity contribution in [1.29, 1.82) is 0 Å². The van der Waals surface area contributed by atoms with Crippen molar-refractivity contribution in [3.8, 4) is 0 Å². The first-order valence-corrected chi connectivity index (χ1v) is 9.45. The number of halogens is 2. The van der Waals surface area contributed by atoms with E-state index in [1.54, 1.807) is 0 Å². The Morgan fingerprint density at radius 2 is 1.88 bits per heavy atom. The van der Waals surface area contributed by atoms with Gasteiger partial charge in [-0.2, -0.15) is 4.31 Å². The van der Waals surface area contributed by atoms with Crippen LogP contribution < -0.4 is 5.73 Å². The SMILES string of the molecule is NC[C@@H]1CN(S(=O)(=O)c2ccc(Cl)cc2F)C[C@H]1c1ccccc1. The lowest BCUT2D eigenvalue weighted by Crippen LogP contribution is -2.30. The molecule has 1 saturated heterocycles. The average Bonchev–Trinajstić information content (AvgIpc) is 3.00. The highest BCUT2D eigenvalue weighted by molar-refractivity contribution is 7.89. The number of benzene rings is 2. The molecule has 0 saturated carbocycles. The van der Waals surface area contributed by atoms with Crippen LogP contribution in [0.4, 0.5) is 4.39 Å². The van der Waals surface area contributed by atoms with Gasteiger partial charge in [-0.1, -0.05) is 41.9 Å². The lowest BCUT2D eigenvalue weighted by atomic mass is 9.89. The first-order chi connectivity index (χ1) is 11.4. The van der Waals surface area contributed by atoms with E-state index in [1.807, 2.05) is 30.3 Å². The fourth-order valence-corrected chi connectivity index (χ4v) is 4.90. The van der Waals surface area contributed by atoms with Crippen molar-refractivity contribution in [1.82, 2.24) is 4.31 Å². The van der Waals surface area contributed by atoms with Gasteiger partial charge in [0.15, 0.2) is 0 Å². The maximum absolute atomic E-state index is 14.1. The van der Waals surface area contributed by atoms with Crippen LogP contribution in [-0.2, 0) is 10.0 Å². The summed E-state index contributed by atoms with van der Waals surface area (Å²) in [7, 11) is -3.93. The van der Waals surface area contributed by atoms with Crippen LogP contribution in [0.2, 0.25) is 5.02 Å². The Labute approximate surface area is 146 Å². The number of nitrogens with zero attached hydrogens (tertiary/aromatic N) is 1. The molecule has 7 heteroatoms. The van der Waals surface area contributed by atoms with Crippen molar-refractivity contribution in [3.63, 3.8) is 0 Å². The summed E-state index contributed by atoms with van der Waals surface area (Å²) in [6, 6.07) is 13.3. The van der Waals surface area contributed by atoms with Crippen LogP contribution in [0.1, 0.15) is 11.5 Å². The van der Waals surface area contributed by atoms with Crippen molar-refractivity contribution in [2.24, 2.45) is 11.7 Å². The molecule has 1 fully saturated rings. The molecule has 2 atom stereocenters. The Kier molecular flexibility index (Phi) is 4.92. The van der Waals surface area contributed by atoms with Gasteiger partial charge in [-0.05, 0) is 36.2 Å². The van der Waals surface area contributed by atoms with Crippen LogP contribution in [0.3, 0.4) is 0 Å². The second-order valence-corrected chi connectivity index (χ2v) is 8.25. The van der Waals surface area contributed by atoms with Gasteiger partial charge in [-0.3, -0.25) is 0 Å². The lowest BCUT2D eigenvalue weighted by Gasteiger charge is -2.17. The van der Waals surface area contributed by atoms with E-state index < -0.39 is 15.8 Å². The molecule has 2 aromatic carbocycles. The second-order valence-electron chi connectivity index (χ2n) is 5.91. The predicted molar refractivity (Wildman–Crippen MR) is 91.9 cm³/mol. The monoisotopic (exact) mass is 368 g/mol. The van der Waals surface area contributed by atoms with E-state index in [0.717, 1.165) is 11.6 Å². The third-order valence-corrected chi connectivity index (χ3v) is 6.55. The van der Waals surface area contributed by atoms with Gasteiger partial charge in [0.2, 0.25) is 10.0 Å². The molecule has 1 aliphatic heterocycles. The summed E-state index contributed by atoms with van der Waals surface area (Å²) in [5.41, 5.74) is 6.89. The Hall–Kier alpha value is -1.47. The van der Waals surface area contributed by atoms with Crippen LogP contribution >= 0.6 is 11.6 Å². The Balaban J connectivity index is 1.92. The average molecular weight is 369 g/mol. The molecule has 0 bridgehead atoms. The van der Waals surface area contributed by atoms with Gasteiger partial charge < -0.3 is 5.73 Å². The highest BCUT2D eigenvalue weighted by Gasteiger charge is 2.40. The molecule has 0 amide bonds. The summed E-state index contributed by atoms with van der Waals surface area (Å²) in [6.07, 6.45) is 0. The third kappa shape index (κ3) is 3.19. The van der Waals surface area contributed by atoms with Gasteiger partial charge >= 0.3 is 0 Å². The van der Waals surface area contributed by atoms with Gasteiger partial charge in [-0.15, -0.1) is 0 Å². The highest BCUT2D eigenvalue weighted by Crippen LogP contribution is 2.35. The van der Waals surface area contributed by atoms with E-state index in [1.165, 1.54) is 16.4 Å². The molecular weight excluding hydrogens is 351 g/mol. The molecule has 1 heterocycles. The van der Waals surface area contributed by atoms with E-state index >= 15 is 0 Å². The molecule has 0 unspecified atom stereocenters. The Bertz CT molecular complexity index is 830. The molecule has 0 aliphatic carbocycles. The zero-order valence-electron chi connectivity index (χ0n) is 12.9. The summed E-state index contributed by atoms with van der Waals surface area (Å²) < 4.78 is 41.0. The number of sulfonamides is 1. The molecular formula is C17H18ClFN2O2S. The number of hydrogen-bond donors (Lipinski definition) is 1. The fraction of sp³-hybridized carbons (Fsp3) is 0.294. The highest BCUT2D eigenvalue weighted by atomic mass is 35.5. The van der Waals surface area contributed by atoms with E-state index in [9.17, 15) is 12.8 Å². The van der Waals surface area contributed by atoms with Crippen molar-refractivity contribution < 1.29 is 12.8 Å². The normalized spacial score (nSPS) is 22.0. The molecule has 2 N–H and O–H groups in total. The van der Waals surface area contributed by atoms with Gasteiger partial charge in [0.05, 0.1) is 0 Å². The van der Waals surface area contributed by atoms with Gasteiger partial charge in [0.1, 0.15) is 10.7 Å². The summed E-state index contributed by atoms with van der Waals surface area (Å²) >= 11 is 5.71. The molecule has 3 rings (SSSR count). The van der Waals surface area contributed by atoms with Crippen molar-refractivity contribution in [3.05, 3.63) is 64.9 Å². The minimum atomic E-state index is -3.93. The first-order valence-electron chi connectivity index (χ1n) is 7.63. The molecule has 128 valence electrons. The van der Waals surface area contributed by atoms with E-state index in [2.05, 4.69) is 0 Å². The Morgan fingerprint density at radius 1 is 1.17 bits per heavy atom. The molecule has 1 aliphatic rings. The van der Waals surface area contributed by atoms with Crippen LogP contribution in [0.15, 0.2) is 53.4 Å². The van der Waals surface area contributed by atoms with Crippen molar-refractivity contribution in [2.45, 2.75) is 10.8 Å². The van der Waals surface area contributed by atoms with Crippen LogP contribution in [0, 0.1) is 11.7 Å². The Morgan fingerprint density at radius 3 is 2.50 bits per heavy atom. The van der Waals surface area contributed by atoms with Gasteiger partial charge in [0.25, 0.3) is 0 Å². The zero-order chi connectivity index (χ0) is 17.3. The number of nitrogens with two attached hydrogens (primary N) is 1. The van der Waals surface area contributed by atoms with E-state index in [0.29, 0.717) is 6.54 Å². The second kappa shape index (κ2) is 6.80. The van der Waals surface area contributed by atoms with Crippen LogP contribution in [-0.4, -0.2) is 32.4 Å².